The van der Waals surface area contributed by atoms with Crippen molar-refractivity contribution in [3.8, 4) is 5.75 Å². The first-order chi connectivity index (χ1) is 10.3. The molecule has 1 amide bonds. The van der Waals surface area contributed by atoms with Crippen molar-refractivity contribution in [1.82, 2.24) is 5.32 Å². The van der Waals surface area contributed by atoms with Crippen LogP contribution in [0.25, 0.3) is 0 Å². The minimum atomic E-state index is -0.168. The van der Waals surface area contributed by atoms with Crippen LogP contribution in [0.5, 0.6) is 5.75 Å². The summed E-state index contributed by atoms with van der Waals surface area (Å²) in [4.78, 5) is 12.2. The maximum absolute atomic E-state index is 12.2. The first-order valence-electron chi connectivity index (χ1n) is 6.96. The van der Waals surface area contributed by atoms with Crippen molar-refractivity contribution in [2.45, 2.75) is 13.0 Å². The van der Waals surface area contributed by atoms with E-state index in [0.29, 0.717) is 30.9 Å². The fraction of sp³-hybridized carbons (Fsp3) is 0.235. The Hall–Kier alpha value is -2.33. The Kier molecular flexibility index (Phi) is 5.79. The molecule has 0 atom stereocenters. The molecule has 0 aliphatic heterocycles. The van der Waals surface area contributed by atoms with Crippen molar-refractivity contribution in [2.24, 2.45) is 0 Å². The van der Waals surface area contributed by atoms with E-state index in [9.17, 15) is 4.79 Å². The number of hydrogen-bond acceptors (Lipinski definition) is 3. The number of benzene rings is 2. The second kappa shape index (κ2) is 8.07. The average Bonchev–Trinajstić information content (AvgIpc) is 2.54. The van der Waals surface area contributed by atoms with Crippen LogP contribution in [0.15, 0.2) is 54.6 Å². The molecule has 0 heterocycles. The molecule has 2 aromatic rings. The van der Waals surface area contributed by atoms with E-state index in [1.54, 1.807) is 18.2 Å². The van der Waals surface area contributed by atoms with Crippen molar-refractivity contribution in [3.05, 3.63) is 65.7 Å². The zero-order valence-electron chi connectivity index (χ0n) is 11.8. The SMILES string of the molecule is O=C(NCc1ccccc1)c1ccccc1OCCCO. The quantitative estimate of drug-likeness (QED) is 0.768. The minimum Gasteiger partial charge on any atom is -0.493 e. The van der Waals surface area contributed by atoms with E-state index in [0.717, 1.165) is 5.56 Å². The number of rotatable bonds is 7. The molecule has 2 aromatic carbocycles. The van der Waals surface area contributed by atoms with Gasteiger partial charge >= 0.3 is 0 Å². The number of para-hydroxylation sites is 1. The van der Waals surface area contributed by atoms with Crippen LogP contribution >= 0.6 is 0 Å². The van der Waals surface area contributed by atoms with Gasteiger partial charge in [-0.3, -0.25) is 4.79 Å². The van der Waals surface area contributed by atoms with E-state index in [1.165, 1.54) is 0 Å². The zero-order chi connectivity index (χ0) is 14.9. The fourth-order valence-electron chi connectivity index (χ4n) is 1.90. The standard InChI is InChI=1S/C17H19NO3/c19-11-6-12-21-16-10-5-4-9-15(16)17(20)18-13-14-7-2-1-3-8-14/h1-5,7-10,19H,6,11-13H2,(H,18,20). The molecular formula is C17H19NO3. The normalized spacial score (nSPS) is 10.1. The van der Waals surface area contributed by atoms with E-state index in [4.69, 9.17) is 9.84 Å². The third kappa shape index (κ3) is 4.61. The summed E-state index contributed by atoms with van der Waals surface area (Å²) >= 11 is 0. The van der Waals surface area contributed by atoms with E-state index in [1.807, 2.05) is 36.4 Å². The molecule has 0 saturated heterocycles. The molecule has 0 bridgehead atoms. The Bertz CT molecular complexity index is 569. The second-order valence-electron chi connectivity index (χ2n) is 4.59. The number of aliphatic hydroxyl groups excluding tert-OH is 1. The Labute approximate surface area is 124 Å². The molecular weight excluding hydrogens is 266 g/mol. The van der Waals surface area contributed by atoms with Crippen LogP contribution in [0, 0.1) is 0 Å². The first-order valence-corrected chi connectivity index (χ1v) is 6.96. The molecule has 0 spiro atoms. The van der Waals surface area contributed by atoms with Gasteiger partial charge in [-0.15, -0.1) is 0 Å². The van der Waals surface area contributed by atoms with Gasteiger partial charge in [-0.1, -0.05) is 42.5 Å². The highest BCUT2D eigenvalue weighted by atomic mass is 16.5. The predicted octanol–water partition coefficient (Wildman–Crippen LogP) is 2.38. The molecule has 0 fully saturated rings. The molecule has 2 N–H and O–H groups in total. The van der Waals surface area contributed by atoms with Crippen molar-refractivity contribution < 1.29 is 14.6 Å². The third-order valence-corrected chi connectivity index (χ3v) is 2.99. The molecule has 21 heavy (non-hydrogen) atoms. The van der Waals surface area contributed by atoms with Gasteiger partial charge in [0.1, 0.15) is 5.75 Å². The Morgan fingerprint density at radius 2 is 1.76 bits per heavy atom. The van der Waals surface area contributed by atoms with E-state index in [-0.39, 0.29) is 12.5 Å². The number of carbonyl (C=O) groups is 1. The summed E-state index contributed by atoms with van der Waals surface area (Å²) in [6.07, 6.45) is 0.542. The van der Waals surface area contributed by atoms with Gasteiger partial charge in [0.05, 0.1) is 12.2 Å². The molecule has 0 aliphatic rings. The first kappa shape index (κ1) is 15.1. The number of aliphatic hydroxyl groups is 1. The van der Waals surface area contributed by atoms with Crippen LogP contribution in [0.4, 0.5) is 0 Å². The number of hydrogen-bond donors (Lipinski definition) is 2. The highest BCUT2D eigenvalue weighted by Gasteiger charge is 2.11. The summed E-state index contributed by atoms with van der Waals surface area (Å²) in [6.45, 7) is 0.937. The highest BCUT2D eigenvalue weighted by molar-refractivity contribution is 5.96. The van der Waals surface area contributed by atoms with Crippen LogP contribution in [0.1, 0.15) is 22.3 Å². The molecule has 0 unspecified atom stereocenters. The largest absolute Gasteiger partial charge is 0.493 e. The smallest absolute Gasteiger partial charge is 0.255 e. The van der Waals surface area contributed by atoms with Gasteiger partial charge < -0.3 is 15.2 Å². The zero-order valence-corrected chi connectivity index (χ0v) is 11.8. The van der Waals surface area contributed by atoms with Crippen LogP contribution in [-0.2, 0) is 6.54 Å². The fourth-order valence-corrected chi connectivity index (χ4v) is 1.90. The Morgan fingerprint density at radius 1 is 1.05 bits per heavy atom. The molecule has 4 nitrogen and oxygen atoms in total. The van der Waals surface area contributed by atoms with Gasteiger partial charge in [-0.25, -0.2) is 0 Å². The Balaban J connectivity index is 1.98. The molecule has 110 valence electrons. The molecule has 0 aromatic heterocycles. The van der Waals surface area contributed by atoms with E-state index in [2.05, 4.69) is 5.32 Å². The maximum Gasteiger partial charge on any atom is 0.255 e. The van der Waals surface area contributed by atoms with Crippen LogP contribution in [-0.4, -0.2) is 24.2 Å². The van der Waals surface area contributed by atoms with Gasteiger partial charge in [0.25, 0.3) is 5.91 Å². The van der Waals surface area contributed by atoms with Gasteiger partial charge in [-0.2, -0.15) is 0 Å². The number of amides is 1. The van der Waals surface area contributed by atoms with Crippen LogP contribution in [0.2, 0.25) is 0 Å². The van der Waals surface area contributed by atoms with Crippen molar-refractivity contribution in [1.29, 1.82) is 0 Å². The summed E-state index contributed by atoms with van der Waals surface area (Å²) in [7, 11) is 0. The lowest BCUT2D eigenvalue weighted by Crippen LogP contribution is -2.23. The molecule has 0 aliphatic carbocycles. The van der Waals surface area contributed by atoms with Gasteiger partial charge in [0, 0.05) is 19.6 Å². The highest BCUT2D eigenvalue weighted by Crippen LogP contribution is 2.18. The monoisotopic (exact) mass is 285 g/mol. The second-order valence-corrected chi connectivity index (χ2v) is 4.59. The molecule has 0 saturated carbocycles. The van der Waals surface area contributed by atoms with Crippen LogP contribution < -0.4 is 10.1 Å². The molecule has 4 heteroatoms. The summed E-state index contributed by atoms with van der Waals surface area (Å²) in [5.41, 5.74) is 1.55. The van der Waals surface area contributed by atoms with E-state index >= 15 is 0 Å². The Morgan fingerprint density at radius 3 is 2.52 bits per heavy atom. The summed E-state index contributed by atoms with van der Waals surface area (Å²) in [5.74, 6) is 0.370. The van der Waals surface area contributed by atoms with Crippen molar-refractivity contribution in [2.75, 3.05) is 13.2 Å². The lowest BCUT2D eigenvalue weighted by molar-refractivity contribution is 0.0946. The maximum atomic E-state index is 12.2. The minimum absolute atomic E-state index is 0.0718. The lowest BCUT2D eigenvalue weighted by atomic mass is 10.1. The van der Waals surface area contributed by atoms with Crippen LogP contribution in [0.3, 0.4) is 0 Å². The van der Waals surface area contributed by atoms with E-state index < -0.39 is 0 Å². The predicted molar refractivity (Wildman–Crippen MR) is 81.3 cm³/mol. The van der Waals surface area contributed by atoms with Crippen molar-refractivity contribution in [3.63, 3.8) is 0 Å². The van der Waals surface area contributed by atoms with Gasteiger partial charge in [-0.05, 0) is 17.7 Å². The number of carbonyl (C=O) groups excluding carboxylic acids is 1. The number of nitrogens with one attached hydrogen (secondary N) is 1. The third-order valence-electron chi connectivity index (χ3n) is 2.99. The van der Waals surface area contributed by atoms with Gasteiger partial charge in [0.2, 0.25) is 0 Å². The van der Waals surface area contributed by atoms with Crippen molar-refractivity contribution >= 4 is 5.91 Å². The topological polar surface area (TPSA) is 58.6 Å². The molecule has 0 radical (unpaired) electrons. The number of ether oxygens (including phenoxy) is 1. The average molecular weight is 285 g/mol. The lowest BCUT2D eigenvalue weighted by Gasteiger charge is -2.11. The molecule has 2 rings (SSSR count). The van der Waals surface area contributed by atoms with Gasteiger partial charge in [0.15, 0.2) is 0 Å². The summed E-state index contributed by atoms with van der Waals surface area (Å²) in [6, 6.07) is 16.9. The summed E-state index contributed by atoms with van der Waals surface area (Å²) < 4.78 is 5.53. The summed E-state index contributed by atoms with van der Waals surface area (Å²) in [5, 5.41) is 11.7.